The number of carbonyl (C=O) groups is 1. The number of likely N-dealkylation sites (N-methyl/N-ethyl adjacent to an activating group) is 1. The summed E-state index contributed by atoms with van der Waals surface area (Å²) in [7, 11) is 2.14. The van der Waals surface area contributed by atoms with Gasteiger partial charge < -0.3 is 5.32 Å². The minimum absolute atomic E-state index is 0.140. The van der Waals surface area contributed by atoms with E-state index in [0.29, 0.717) is 12.5 Å². The summed E-state index contributed by atoms with van der Waals surface area (Å²) in [6.45, 7) is 1.68. The van der Waals surface area contributed by atoms with Gasteiger partial charge in [-0.3, -0.25) is 9.69 Å². The van der Waals surface area contributed by atoms with E-state index >= 15 is 0 Å². The molecule has 3 heteroatoms. The number of hydrogen-bond acceptors (Lipinski definition) is 2. The topological polar surface area (TPSA) is 32.3 Å². The van der Waals surface area contributed by atoms with Crippen molar-refractivity contribution < 1.29 is 4.79 Å². The van der Waals surface area contributed by atoms with Crippen molar-refractivity contribution in [3.63, 3.8) is 0 Å². The van der Waals surface area contributed by atoms with Crippen LogP contribution in [0.4, 0.5) is 0 Å². The van der Waals surface area contributed by atoms with Gasteiger partial charge in [0.25, 0.3) is 0 Å². The molecule has 0 spiro atoms. The molecule has 0 saturated carbocycles. The van der Waals surface area contributed by atoms with Gasteiger partial charge in [0.1, 0.15) is 0 Å². The molecule has 1 aliphatic heterocycles. The Balaban J connectivity index is 1.47. The van der Waals surface area contributed by atoms with E-state index in [2.05, 4.69) is 53.7 Å². The maximum atomic E-state index is 12.1. The molecule has 0 radical (unpaired) electrons. The number of aryl methyl sites for hydroxylation is 1. The van der Waals surface area contributed by atoms with Crippen LogP contribution in [-0.2, 0) is 24.2 Å². The first kappa shape index (κ1) is 15.8. The van der Waals surface area contributed by atoms with Gasteiger partial charge in [0.05, 0.1) is 0 Å². The van der Waals surface area contributed by atoms with E-state index in [-0.39, 0.29) is 5.91 Å². The Hall–Kier alpha value is -2.13. The van der Waals surface area contributed by atoms with Crippen molar-refractivity contribution >= 4 is 5.91 Å². The number of fused-ring (bicyclic) bond motifs is 1. The van der Waals surface area contributed by atoms with Gasteiger partial charge in [-0.05, 0) is 36.6 Å². The summed E-state index contributed by atoms with van der Waals surface area (Å²) in [4.78, 5) is 14.4. The van der Waals surface area contributed by atoms with Gasteiger partial charge in [0, 0.05) is 25.6 Å². The van der Waals surface area contributed by atoms with Gasteiger partial charge in [-0.25, -0.2) is 0 Å². The van der Waals surface area contributed by atoms with E-state index in [1.807, 2.05) is 18.2 Å². The molecule has 2 aromatic carbocycles. The maximum Gasteiger partial charge on any atom is 0.220 e. The van der Waals surface area contributed by atoms with Crippen molar-refractivity contribution in [2.24, 2.45) is 0 Å². The summed E-state index contributed by atoms with van der Waals surface area (Å²) in [5.74, 6) is 0.140. The number of nitrogens with one attached hydrogen (secondary N) is 1. The Labute approximate surface area is 138 Å². The smallest absolute Gasteiger partial charge is 0.220 e. The van der Waals surface area contributed by atoms with Crippen molar-refractivity contribution in [1.82, 2.24) is 10.2 Å². The summed E-state index contributed by atoms with van der Waals surface area (Å²) in [5, 5.41) is 3.10. The van der Waals surface area contributed by atoms with E-state index < -0.39 is 0 Å². The quantitative estimate of drug-likeness (QED) is 0.921. The van der Waals surface area contributed by atoms with Crippen LogP contribution >= 0.6 is 0 Å². The zero-order chi connectivity index (χ0) is 16.1. The molecule has 1 N–H and O–H groups in total. The summed E-state index contributed by atoms with van der Waals surface area (Å²) in [5.41, 5.74) is 4.03. The molecule has 0 unspecified atom stereocenters. The molecule has 0 bridgehead atoms. The lowest BCUT2D eigenvalue weighted by atomic mass is 9.94. The lowest BCUT2D eigenvalue weighted by Gasteiger charge is -2.34. The minimum atomic E-state index is 0.140. The van der Waals surface area contributed by atoms with Gasteiger partial charge >= 0.3 is 0 Å². The lowest BCUT2D eigenvalue weighted by molar-refractivity contribution is -0.121. The van der Waals surface area contributed by atoms with Crippen molar-refractivity contribution in [3.8, 4) is 0 Å². The Bertz CT molecular complexity index is 654. The number of rotatable bonds is 5. The summed E-state index contributed by atoms with van der Waals surface area (Å²) < 4.78 is 0. The van der Waals surface area contributed by atoms with Crippen molar-refractivity contribution in [1.29, 1.82) is 0 Å². The molecule has 0 aromatic heterocycles. The fourth-order valence-corrected chi connectivity index (χ4v) is 3.17. The molecule has 3 rings (SSSR count). The molecular formula is C20H24N2O. The zero-order valence-electron chi connectivity index (χ0n) is 13.7. The fraction of sp³-hybridized carbons (Fsp3) is 0.350. The molecular weight excluding hydrogens is 284 g/mol. The molecule has 1 aliphatic rings. The fourth-order valence-electron chi connectivity index (χ4n) is 3.17. The highest BCUT2D eigenvalue weighted by molar-refractivity contribution is 5.76. The number of hydrogen-bond donors (Lipinski definition) is 1. The Morgan fingerprint density at radius 3 is 2.57 bits per heavy atom. The van der Waals surface area contributed by atoms with Crippen LogP contribution in [0.2, 0.25) is 0 Å². The Kier molecular flexibility index (Phi) is 5.09. The predicted octanol–water partition coefficient (Wildman–Crippen LogP) is 2.79. The van der Waals surface area contributed by atoms with Gasteiger partial charge in [-0.2, -0.15) is 0 Å². The molecule has 3 nitrogen and oxygen atoms in total. The summed E-state index contributed by atoms with van der Waals surface area (Å²) in [6, 6.07) is 19.1. The maximum absolute atomic E-state index is 12.1. The molecule has 0 aliphatic carbocycles. The Morgan fingerprint density at radius 2 is 1.78 bits per heavy atom. The van der Waals surface area contributed by atoms with Crippen LogP contribution in [0, 0.1) is 0 Å². The van der Waals surface area contributed by atoms with E-state index in [1.54, 1.807) is 0 Å². The molecule has 0 saturated heterocycles. The first-order valence-electron chi connectivity index (χ1n) is 8.30. The molecule has 1 atom stereocenters. The number of carbonyl (C=O) groups excluding carboxylic acids is 1. The lowest BCUT2D eigenvalue weighted by Crippen LogP contribution is -2.45. The van der Waals surface area contributed by atoms with Gasteiger partial charge in [0.2, 0.25) is 5.91 Å². The average Bonchev–Trinajstić information content (AvgIpc) is 2.59. The van der Waals surface area contributed by atoms with Crippen LogP contribution in [-0.4, -0.2) is 30.4 Å². The van der Waals surface area contributed by atoms with E-state index in [1.165, 1.54) is 16.7 Å². The summed E-state index contributed by atoms with van der Waals surface area (Å²) >= 11 is 0. The SMILES string of the molecule is CN1Cc2ccccc2C[C@H]1CNC(=O)CCc1ccccc1. The largest absolute Gasteiger partial charge is 0.355 e. The van der Waals surface area contributed by atoms with Crippen molar-refractivity contribution in [2.75, 3.05) is 13.6 Å². The highest BCUT2D eigenvalue weighted by Gasteiger charge is 2.23. The van der Waals surface area contributed by atoms with E-state index in [4.69, 9.17) is 0 Å². The monoisotopic (exact) mass is 308 g/mol. The highest BCUT2D eigenvalue weighted by atomic mass is 16.1. The van der Waals surface area contributed by atoms with Crippen LogP contribution in [0.15, 0.2) is 54.6 Å². The predicted molar refractivity (Wildman–Crippen MR) is 93.2 cm³/mol. The molecule has 1 heterocycles. The standard InChI is InChI=1S/C20H24N2O/c1-22-15-18-10-6-5-9-17(18)13-19(22)14-21-20(23)12-11-16-7-3-2-4-8-16/h2-10,19H,11-15H2,1H3,(H,21,23)/t19-/m0/s1. The van der Waals surface area contributed by atoms with Gasteiger partial charge in [0.15, 0.2) is 0 Å². The summed E-state index contributed by atoms with van der Waals surface area (Å²) in [6.07, 6.45) is 2.36. The molecule has 0 fully saturated rings. The average molecular weight is 308 g/mol. The third kappa shape index (κ3) is 4.20. The number of nitrogens with zero attached hydrogens (tertiary/aromatic N) is 1. The first-order chi connectivity index (χ1) is 11.2. The van der Waals surface area contributed by atoms with Gasteiger partial charge in [-0.1, -0.05) is 54.6 Å². The molecule has 2 aromatic rings. The van der Waals surface area contributed by atoms with Crippen molar-refractivity contribution in [3.05, 3.63) is 71.3 Å². The Morgan fingerprint density at radius 1 is 1.09 bits per heavy atom. The normalized spacial score (nSPS) is 17.5. The second-order valence-corrected chi connectivity index (χ2v) is 6.33. The molecule has 1 amide bonds. The van der Waals surface area contributed by atoms with Gasteiger partial charge in [-0.15, -0.1) is 0 Å². The van der Waals surface area contributed by atoms with E-state index in [0.717, 1.165) is 25.9 Å². The first-order valence-corrected chi connectivity index (χ1v) is 8.30. The highest BCUT2D eigenvalue weighted by Crippen LogP contribution is 2.21. The molecule has 23 heavy (non-hydrogen) atoms. The van der Waals surface area contributed by atoms with Crippen LogP contribution in [0.5, 0.6) is 0 Å². The molecule has 120 valence electrons. The van der Waals surface area contributed by atoms with E-state index in [9.17, 15) is 4.79 Å². The third-order valence-corrected chi connectivity index (χ3v) is 4.64. The number of benzene rings is 2. The second-order valence-electron chi connectivity index (χ2n) is 6.33. The van der Waals surface area contributed by atoms with Crippen LogP contribution in [0.25, 0.3) is 0 Å². The zero-order valence-corrected chi connectivity index (χ0v) is 13.7. The van der Waals surface area contributed by atoms with Crippen molar-refractivity contribution in [2.45, 2.75) is 31.8 Å². The van der Waals surface area contributed by atoms with Crippen LogP contribution in [0.1, 0.15) is 23.1 Å². The number of amides is 1. The second kappa shape index (κ2) is 7.42. The minimum Gasteiger partial charge on any atom is -0.355 e. The van der Waals surface area contributed by atoms with Crippen LogP contribution in [0.3, 0.4) is 0 Å². The third-order valence-electron chi connectivity index (χ3n) is 4.64. The van der Waals surface area contributed by atoms with Crippen LogP contribution < -0.4 is 5.32 Å².